The van der Waals surface area contributed by atoms with E-state index < -0.39 is 6.17 Å². The van der Waals surface area contributed by atoms with Crippen molar-refractivity contribution in [1.82, 2.24) is 5.32 Å². The average molecular weight is 718 g/mol. The number of para-hydroxylation sites is 1. The van der Waals surface area contributed by atoms with Crippen molar-refractivity contribution >= 4 is 87.9 Å². The molecule has 2 aromatic heterocycles. The first kappa shape index (κ1) is 30.9. The van der Waals surface area contributed by atoms with Crippen molar-refractivity contribution in [2.45, 2.75) is 6.17 Å². The zero-order chi connectivity index (χ0) is 36.7. The number of rotatable bonds is 4. The van der Waals surface area contributed by atoms with Crippen LogP contribution in [0.2, 0.25) is 0 Å². The van der Waals surface area contributed by atoms with Gasteiger partial charge in [0.05, 0.1) is 0 Å². The Morgan fingerprint density at radius 1 is 0.446 bits per heavy atom. The monoisotopic (exact) mass is 717 g/mol. The molecule has 0 saturated heterocycles. The highest BCUT2D eigenvalue weighted by Gasteiger charge is 2.28. The summed E-state index contributed by atoms with van der Waals surface area (Å²) in [6, 6.07) is 61.5. The van der Waals surface area contributed by atoms with Gasteiger partial charge < -0.3 is 14.2 Å². The van der Waals surface area contributed by atoms with Gasteiger partial charge in [-0.3, -0.25) is 0 Å². The fourth-order valence-corrected chi connectivity index (χ4v) is 8.73. The van der Waals surface area contributed by atoms with E-state index in [1.807, 2.05) is 30.3 Å². The summed E-state index contributed by atoms with van der Waals surface area (Å²) < 4.78 is 13.2. The lowest BCUT2D eigenvalue weighted by molar-refractivity contribution is 0.668. The maximum Gasteiger partial charge on any atom is 0.160 e. The van der Waals surface area contributed by atoms with Crippen LogP contribution in [-0.4, -0.2) is 11.7 Å². The molecular formula is C51H31N3O2. The Kier molecular flexibility index (Phi) is 6.63. The van der Waals surface area contributed by atoms with Gasteiger partial charge in [-0.05, 0) is 80.5 Å². The first-order valence-corrected chi connectivity index (χ1v) is 18.9. The number of furan rings is 2. The first-order chi connectivity index (χ1) is 27.7. The summed E-state index contributed by atoms with van der Waals surface area (Å²) in [5.74, 6) is 1.39. The Labute approximate surface area is 320 Å². The molecule has 12 rings (SSSR count). The number of benzene rings is 9. The van der Waals surface area contributed by atoms with Crippen LogP contribution in [0.5, 0.6) is 0 Å². The number of nitrogens with one attached hydrogen (secondary N) is 1. The Morgan fingerprint density at radius 3 is 2.04 bits per heavy atom. The maximum atomic E-state index is 6.70. The van der Waals surface area contributed by atoms with Gasteiger partial charge in [0.1, 0.15) is 34.3 Å². The van der Waals surface area contributed by atoms with Crippen LogP contribution in [0.1, 0.15) is 22.9 Å². The molecular weight excluding hydrogens is 687 g/mol. The third kappa shape index (κ3) is 4.67. The van der Waals surface area contributed by atoms with Crippen LogP contribution in [-0.2, 0) is 0 Å². The Balaban J connectivity index is 1.14. The highest BCUT2D eigenvalue weighted by molar-refractivity contribution is 6.25. The molecule has 5 nitrogen and oxygen atoms in total. The van der Waals surface area contributed by atoms with Crippen LogP contribution in [0.4, 0.5) is 0 Å². The van der Waals surface area contributed by atoms with Crippen LogP contribution < -0.4 is 5.32 Å². The zero-order valence-electron chi connectivity index (χ0n) is 30.0. The molecule has 0 amide bonds. The minimum Gasteiger partial charge on any atom is -0.456 e. The molecule has 0 radical (unpaired) electrons. The van der Waals surface area contributed by atoms with Crippen molar-refractivity contribution in [1.29, 1.82) is 0 Å². The Bertz CT molecular complexity index is 3460. The van der Waals surface area contributed by atoms with E-state index in [-0.39, 0.29) is 0 Å². The van der Waals surface area contributed by atoms with E-state index in [0.717, 1.165) is 93.7 Å². The lowest BCUT2D eigenvalue weighted by atomic mass is 9.93. The van der Waals surface area contributed by atoms with Crippen molar-refractivity contribution in [2.24, 2.45) is 9.98 Å². The van der Waals surface area contributed by atoms with Gasteiger partial charge in [0.2, 0.25) is 0 Å². The van der Waals surface area contributed by atoms with Crippen LogP contribution in [0.3, 0.4) is 0 Å². The van der Waals surface area contributed by atoms with E-state index in [1.165, 1.54) is 16.2 Å². The molecule has 11 aromatic rings. The van der Waals surface area contributed by atoms with Gasteiger partial charge in [0.25, 0.3) is 0 Å². The molecule has 1 N–H and O–H groups in total. The number of amidine groups is 2. The normalized spacial score (nSPS) is 14.6. The van der Waals surface area contributed by atoms with E-state index >= 15 is 0 Å². The maximum absolute atomic E-state index is 6.70. The molecule has 0 aliphatic carbocycles. The molecule has 0 spiro atoms. The van der Waals surface area contributed by atoms with Gasteiger partial charge in [-0.2, -0.15) is 0 Å². The quantitative estimate of drug-likeness (QED) is 0.184. The third-order valence-corrected chi connectivity index (χ3v) is 11.3. The highest BCUT2D eigenvalue weighted by Crippen LogP contribution is 2.42. The summed E-state index contributed by atoms with van der Waals surface area (Å²) in [5, 5.41) is 14.9. The molecule has 0 saturated carbocycles. The largest absolute Gasteiger partial charge is 0.456 e. The third-order valence-electron chi connectivity index (χ3n) is 11.3. The highest BCUT2D eigenvalue weighted by atomic mass is 16.3. The first-order valence-electron chi connectivity index (χ1n) is 18.9. The standard InChI is InChI=1S/C51H31N3O2/c1-2-13-31(14-3-1)49-52-50(42-28-32-15-5-6-16-34(32)37-18-8-9-19-38(37)42)54-51(53-49)47-35(26-27-44-46(47)41-20-10-11-21-43(41)55-44)33-23-24-39-40-25-22-30-12-4-7-17-36(30)48(40)56-45(39)29-33/h1-29,50H,(H,52,53,54). The van der Waals surface area contributed by atoms with Gasteiger partial charge in [-0.25, -0.2) is 9.98 Å². The second-order valence-corrected chi connectivity index (χ2v) is 14.5. The summed E-state index contributed by atoms with van der Waals surface area (Å²) in [6.45, 7) is 0. The van der Waals surface area contributed by atoms with Gasteiger partial charge >= 0.3 is 0 Å². The van der Waals surface area contributed by atoms with E-state index in [4.69, 9.17) is 18.8 Å². The predicted molar refractivity (Wildman–Crippen MR) is 231 cm³/mol. The molecule has 3 heterocycles. The van der Waals surface area contributed by atoms with Gasteiger partial charge in [-0.1, -0.05) is 133 Å². The topological polar surface area (TPSA) is 63.0 Å². The molecule has 0 bridgehead atoms. The van der Waals surface area contributed by atoms with Crippen molar-refractivity contribution in [3.63, 3.8) is 0 Å². The second-order valence-electron chi connectivity index (χ2n) is 14.5. The molecule has 1 aliphatic rings. The van der Waals surface area contributed by atoms with E-state index in [1.54, 1.807) is 0 Å². The molecule has 56 heavy (non-hydrogen) atoms. The lowest BCUT2D eigenvalue weighted by Crippen LogP contribution is -2.33. The Hall–Kier alpha value is -7.50. The summed E-state index contributed by atoms with van der Waals surface area (Å²) in [4.78, 5) is 10.9. The van der Waals surface area contributed by atoms with Crippen molar-refractivity contribution in [2.75, 3.05) is 0 Å². The molecule has 1 unspecified atom stereocenters. The molecule has 262 valence electrons. The predicted octanol–water partition coefficient (Wildman–Crippen LogP) is 13.1. The average Bonchev–Trinajstić information content (AvgIpc) is 3.84. The molecule has 9 aromatic carbocycles. The number of aliphatic imine (C=N–C) groups is 2. The van der Waals surface area contributed by atoms with Crippen LogP contribution >= 0.6 is 0 Å². The van der Waals surface area contributed by atoms with E-state index in [2.05, 4.69) is 151 Å². The Morgan fingerprint density at radius 2 is 1.16 bits per heavy atom. The van der Waals surface area contributed by atoms with Crippen LogP contribution in [0.15, 0.2) is 195 Å². The van der Waals surface area contributed by atoms with Gasteiger partial charge in [0, 0.05) is 43.6 Å². The van der Waals surface area contributed by atoms with Crippen LogP contribution in [0.25, 0.3) is 87.3 Å². The lowest BCUT2D eigenvalue weighted by Gasteiger charge is -2.26. The number of hydrogen-bond acceptors (Lipinski definition) is 5. The van der Waals surface area contributed by atoms with E-state index in [0.29, 0.717) is 5.84 Å². The summed E-state index contributed by atoms with van der Waals surface area (Å²) in [7, 11) is 0. The number of fused-ring (bicyclic) bond motifs is 11. The zero-order valence-corrected chi connectivity index (χ0v) is 30.0. The smallest absolute Gasteiger partial charge is 0.160 e. The van der Waals surface area contributed by atoms with Crippen molar-refractivity contribution < 1.29 is 8.83 Å². The molecule has 5 heteroatoms. The minimum absolute atomic E-state index is 0.431. The van der Waals surface area contributed by atoms with Crippen LogP contribution in [0, 0.1) is 0 Å². The second kappa shape index (κ2) is 12.0. The number of hydrogen-bond donors (Lipinski definition) is 1. The molecule has 0 fully saturated rings. The summed E-state index contributed by atoms with van der Waals surface area (Å²) >= 11 is 0. The minimum atomic E-state index is -0.431. The van der Waals surface area contributed by atoms with Crippen molar-refractivity contribution in [3.05, 3.63) is 193 Å². The SMILES string of the molecule is c1ccc(C2=NC(c3c(-c4ccc5c(c4)oc4c6ccccc6ccc54)ccc4oc5ccccc5c34)=NC(c3cc4ccccc4c4ccccc34)N2)cc1. The van der Waals surface area contributed by atoms with Gasteiger partial charge in [-0.15, -0.1) is 0 Å². The summed E-state index contributed by atoms with van der Waals surface area (Å²) in [5.41, 5.74) is 8.32. The fourth-order valence-electron chi connectivity index (χ4n) is 8.73. The van der Waals surface area contributed by atoms with Gasteiger partial charge in [0.15, 0.2) is 5.84 Å². The molecule has 1 atom stereocenters. The van der Waals surface area contributed by atoms with E-state index in [9.17, 15) is 0 Å². The molecule has 1 aliphatic heterocycles. The summed E-state index contributed by atoms with van der Waals surface area (Å²) in [6.07, 6.45) is -0.431. The number of nitrogens with zero attached hydrogens (tertiary/aromatic N) is 2. The fraction of sp³-hybridized carbons (Fsp3) is 0.0196. The van der Waals surface area contributed by atoms with Crippen molar-refractivity contribution in [3.8, 4) is 11.1 Å².